The average molecular weight is 289 g/mol. The fraction of sp³-hybridized carbons (Fsp3) is 0.467. The largest absolute Gasteiger partial charge is 0.340 e. The normalized spacial score (nSPS) is 19.2. The zero-order chi connectivity index (χ0) is 13.9. The Bertz CT molecular complexity index is 576. The van der Waals surface area contributed by atoms with Gasteiger partial charge in [0.2, 0.25) is 5.91 Å². The van der Waals surface area contributed by atoms with Gasteiger partial charge in [-0.25, -0.2) is 0 Å². The Morgan fingerprint density at radius 3 is 3.15 bits per heavy atom. The number of nitrogens with zero attached hydrogens (tertiary/aromatic N) is 3. The van der Waals surface area contributed by atoms with E-state index in [1.807, 2.05) is 40.2 Å². The predicted octanol–water partition coefficient (Wildman–Crippen LogP) is 2.66. The minimum Gasteiger partial charge on any atom is -0.340 e. The van der Waals surface area contributed by atoms with Gasteiger partial charge in [0.1, 0.15) is 0 Å². The molecule has 0 saturated carbocycles. The highest BCUT2D eigenvalue weighted by Crippen LogP contribution is 2.22. The Morgan fingerprint density at radius 1 is 1.55 bits per heavy atom. The zero-order valence-electron chi connectivity index (χ0n) is 11.7. The lowest BCUT2D eigenvalue weighted by Gasteiger charge is -2.32. The number of hydrogen-bond donors (Lipinski definition) is 0. The molecule has 0 unspecified atom stereocenters. The van der Waals surface area contributed by atoms with E-state index in [9.17, 15) is 4.79 Å². The maximum atomic E-state index is 12.4. The van der Waals surface area contributed by atoms with Gasteiger partial charge in [0.25, 0.3) is 0 Å². The maximum absolute atomic E-state index is 12.4. The van der Waals surface area contributed by atoms with Crippen molar-refractivity contribution in [1.82, 2.24) is 14.7 Å². The van der Waals surface area contributed by atoms with E-state index < -0.39 is 0 Å². The molecule has 2 aromatic rings. The second kappa shape index (κ2) is 5.79. The highest BCUT2D eigenvalue weighted by molar-refractivity contribution is 7.10. The summed E-state index contributed by atoms with van der Waals surface area (Å²) in [5.41, 5.74) is 1.17. The number of thiophene rings is 1. The van der Waals surface area contributed by atoms with Crippen LogP contribution in [0.15, 0.2) is 29.9 Å². The standard InChI is InChI=1S/C15H19N3OS/c1-12-9-16-18(10-12)13-4-2-6-17(11-13)15(19)8-14-5-3-7-20-14/h3,5,7,9-10,13H,2,4,6,8,11H2,1H3/t13-/m0/s1. The van der Waals surface area contributed by atoms with E-state index in [1.165, 1.54) is 5.56 Å². The molecule has 1 saturated heterocycles. The quantitative estimate of drug-likeness (QED) is 0.871. The van der Waals surface area contributed by atoms with Crippen LogP contribution in [-0.2, 0) is 11.2 Å². The second-order valence-corrected chi connectivity index (χ2v) is 6.42. The molecule has 1 atom stereocenters. The molecule has 3 rings (SSSR count). The lowest BCUT2D eigenvalue weighted by atomic mass is 10.1. The van der Waals surface area contributed by atoms with Crippen molar-refractivity contribution >= 4 is 17.2 Å². The Morgan fingerprint density at radius 2 is 2.45 bits per heavy atom. The van der Waals surface area contributed by atoms with Crippen molar-refractivity contribution in [2.45, 2.75) is 32.2 Å². The van der Waals surface area contributed by atoms with Crippen molar-refractivity contribution in [2.75, 3.05) is 13.1 Å². The highest BCUT2D eigenvalue weighted by Gasteiger charge is 2.25. The summed E-state index contributed by atoms with van der Waals surface area (Å²) in [7, 11) is 0. The SMILES string of the molecule is Cc1cnn([C@H]2CCCN(C(=O)Cc3cccs3)C2)c1. The molecule has 0 radical (unpaired) electrons. The van der Waals surface area contributed by atoms with Crippen LogP contribution < -0.4 is 0 Å². The van der Waals surface area contributed by atoms with Crippen LogP contribution in [0.5, 0.6) is 0 Å². The summed E-state index contributed by atoms with van der Waals surface area (Å²) in [6, 6.07) is 4.35. The summed E-state index contributed by atoms with van der Waals surface area (Å²) in [5, 5.41) is 6.41. The van der Waals surface area contributed by atoms with E-state index in [4.69, 9.17) is 0 Å². The van der Waals surface area contributed by atoms with Crippen LogP contribution in [0.25, 0.3) is 0 Å². The van der Waals surface area contributed by atoms with E-state index in [0.717, 1.165) is 30.8 Å². The third-order valence-corrected chi connectivity index (χ3v) is 4.64. The van der Waals surface area contributed by atoms with Crippen LogP contribution in [0.2, 0.25) is 0 Å². The molecule has 0 aromatic carbocycles. The topological polar surface area (TPSA) is 38.1 Å². The summed E-state index contributed by atoms with van der Waals surface area (Å²) in [4.78, 5) is 15.5. The number of carbonyl (C=O) groups excluding carboxylic acids is 1. The van der Waals surface area contributed by atoms with Crippen LogP contribution in [0.4, 0.5) is 0 Å². The number of aromatic nitrogens is 2. The highest BCUT2D eigenvalue weighted by atomic mass is 32.1. The fourth-order valence-corrected chi connectivity index (χ4v) is 3.40. The molecule has 0 spiro atoms. The van der Waals surface area contributed by atoms with Gasteiger partial charge in [-0.15, -0.1) is 11.3 Å². The summed E-state index contributed by atoms with van der Waals surface area (Å²) in [6.07, 6.45) is 6.64. The molecule has 1 aliphatic rings. The Balaban J connectivity index is 1.64. The minimum absolute atomic E-state index is 0.237. The molecule has 0 bridgehead atoms. The first-order valence-electron chi connectivity index (χ1n) is 7.03. The van der Waals surface area contributed by atoms with Crippen LogP contribution in [0.1, 0.15) is 29.3 Å². The summed E-state index contributed by atoms with van der Waals surface area (Å²) in [6.45, 7) is 3.71. The molecule has 1 aliphatic heterocycles. The van der Waals surface area contributed by atoms with E-state index >= 15 is 0 Å². The first-order chi connectivity index (χ1) is 9.72. The molecular formula is C15H19N3OS. The van der Waals surface area contributed by atoms with Gasteiger partial charge in [-0.05, 0) is 36.8 Å². The molecule has 2 aromatic heterocycles. The molecule has 0 N–H and O–H groups in total. The summed E-state index contributed by atoms with van der Waals surface area (Å²) < 4.78 is 2.01. The maximum Gasteiger partial charge on any atom is 0.227 e. The fourth-order valence-electron chi connectivity index (χ4n) is 2.70. The lowest BCUT2D eigenvalue weighted by Crippen LogP contribution is -2.41. The van der Waals surface area contributed by atoms with E-state index in [1.54, 1.807) is 11.3 Å². The smallest absolute Gasteiger partial charge is 0.227 e. The Kier molecular flexibility index (Phi) is 3.87. The van der Waals surface area contributed by atoms with E-state index in [-0.39, 0.29) is 5.91 Å². The number of carbonyl (C=O) groups is 1. The Labute approximate surface area is 123 Å². The van der Waals surface area contributed by atoms with Crippen LogP contribution in [0.3, 0.4) is 0 Å². The summed E-state index contributed by atoms with van der Waals surface area (Å²) >= 11 is 1.65. The van der Waals surface area contributed by atoms with E-state index in [0.29, 0.717) is 12.5 Å². The molecule has 106 valence electrons. The zero-order valence-corrected chi connectivity index (χ0v) is 12.5. The molecule has 5 heteroatoms. The number of amides is 1. The molecule has 3 heterocycles. The molecule has 20 heavy (non-hydrogen) atoms. The van der Waals surface area contributed by atoms with Crippen LogP contribution in [-0.4, -0.2) is 33.7 Å². The monoisotopic (exact) mass is 289 g/mol. The predicted molar refractivity (Wildman–Crippen MR) is 79.8 cm³/mol. The number of rotatable bonds is 3. The lowest BCUT2D eigenvalue weighted by molar-refractivity contribution is -0.132. The van der Waals surface area contributed by atoms with Crippen LogP contribution >= 0.6 is 11.3 Å². The first kappa shape index (κ1) is 13.4. The molecule has 0 aliphatic carbocycles. The summed E-state index contributed by atoms with van der Waals surface area (Å²) in [5.74, 6) is 0.237. The number of likely N-dealkylation sites (tertiary alicyclic amines) is 1. The third-order valence-electron chi connectivity index (χ3n) is 3.76. The van der Waals surface area contributed by atoms with Crippen molar-refractivity contribution in [3.63, 3.8) is 0 Å². The van der Waals surface area contributed by atoms with Gasteiger partial charge in [0, 0.05) is 24.2 Å². The van der Waals surface area contributed by atoms with E-state index in [2.05, 4.69) is 11.3 Å². The van der Waals surface area contributed by atoms with Crippen molar-refractivity contribution in [2.24, 2.45) is 0 Å². The number of piperidine rings is 1. The Hall–Kier alpha value is -1.62. The van der Waals surface area contributed by atoms with Crippen molar-refractivity contribution in [1.29, 1.82) is 0 Å². The van der Waals surface area contributed by atoms with Gasteiger partial charge < -0.3 is 4.90 Å². The molecule has 1 amide bonds. The molecular weight excluding hydrogens is 270 g/mol. The van der Waals surface area contributed by atoms with Gasteiger partial charge in [0.05, 0.1) is 18.7 Å². The number of aryl methyl sites for hydroxylation is 1. The van der Waals surface area contributed by atoms with Gasteiger partial charge in [0.15, 0.2) is 0 Å². The van der Waals surface area contributed by atoms with Gasteiger partial charge >= 0.3 is 0 Å². The second-order valence-electron chi connectivity index (χ2n) is 5.39. The molecule has 1 fully saturated rings. The van der Waals surface area contributed by atoms with Crippen molar-refractivity contribution in [3.8, 4) is 0 Å². The van der Waals surface area contributed by atoms with Gasteiger partial charge in [-0.1, -0.05) is 6.07 Å². The van der Waals surface area contributed by atoms with Gasteiger partial charge in [-0.2, -0.15) is 5.10 Å². The third kappa shape index (κ3) is 2.93. The number of hydrogen-bond acceptors (Lipinski definition) is 3. The van der Waals surface area contributed by atoms with Crippen molar-refractivity contribution in [3.05, 3.63) is 40.3 Å². The van der Waals surface area contributed by atoms with Crippen LogP contribution in [0, 0.1) is 6.92 Å². The minimum atomic E-state index is 0.237. The first-order valence-corrected chi connectivity index (χ1v) is 7.91. The van der Waals surface area contributed by atoms with Crippen molar-refractivity contribution < 1.29 is 4.79 Å². The van der Waals surface area contributed by atoms with Gasteiger partial charge in [-0.3, -0.25) is 9.48 Å². The average Bonchev–Trinajstić information content (AvgIpc) is 3.10. The molecule has 4 nitrogen and oxygen atoms in total.